The van der Waals surface area contributed by atoms with Crippen molar-refractivity contribution in [2.75, 3.05) is 0 Å². The van der Waals surface area contributed by atoms with E-state index in [0.29, 0.717) is 33.8 Å². The summed E-state index contributed by atoms with van der Waals surface area (Å²) in [4.78, 5) is 21.9. The average Bonchev–Trinajstić information content (AvgIpc) is 3.64. The van der Waals surface area contributed by atoms with Gasteiger partial charge in [-0.2, -0.15) is 5.26 Å². The molecule has 0 aromatic carbocycles. The van der Waals surface area contributed by atoms with Gasteiger partial charge in [-0.15, -0.1) is 0 Å². The van der Waals surface area contributed by atoms with Crippen LogP contribution in [-0.2, 0) is 14.3 Å². The van der Waals surface area contributed by atoms with Crippen molar-refractivity contribution >= 4 is 22.8 Å². The molecule has 0 radical (unpaired) electrons. The lowest BCUT2D eigenvalue weighted by Crippen LogP contribution is -2.43. The summed E-state index contributed by atoms with van der Waals surface area (Å²) in [6.45, 7) is 25.9. The second-order valence-corrected chi connectivity index (χ2v) is 17.2. The number of hydrogen-bond acceptors (Lipinski definition) is 5. The lowest BCUT2D eigenvalue weighted by atomic mass is 9.66. The largest absolute Gasteiger partial charge is 0.455 e. The normalized spacial score (nSPS) is 26.7. The Morgan fingerprint density at radius 1 is 0.739 bits per heavy atom. The molecule has 1 N–H and O–H groups in total. The molecule has 6 heteroatoms. The molecule has 4 aliphatic rings. The van der Waals surface area contributed by atoms with Crippen LogP contribution >= 0.6 is 11.6 Å². The van der Waals surface area contributed by atoms with E-state index < -0.39 is 5.24 Å². The molecule has 0 amide bonds. The van der Waals surface area contributed by atoms with Gasteiger partial charge >= 0.3 is 5.97 Å². The van der Waals surface area contributed by atoms with E-state index in [0.717, 1.165) is 37.5 Å². The number of allylic oxidation sites excluding steroid dienone is 1. The Kier molecular flexibility index (Phi) is 17.3. The average molecular weight is 662 g/mol. The van der Waals surface area contributed by atoms with Crippen LogP contribution in [0.1, 0.15) is 165 Å². The zero-order valence-electron chi connectivity index (χ0n) is 31.0. The monoisotopic (exact) mass is 661 g/mol. The SMILES string of the molecule is C=C(C)C(=O)Cl.C=C(C)C(=O)OC1(C2CCC(C(C)(C)C)CC2)CCCC1.CC#N.CC(C)(C)C1CCC(C2(O)CCCC2)CC1. The van der Waals surface area contributed by atoms with Gasteiger partial charge in [0.1, 0.15) is 5.60 Å². The van der Waals surface area contributed by atoms with E-state index in [2.05, 4.69) is 54.7 Å². The van der Waals surface area contributed by atoms with Crippen LogP contribution in [0.25, 0.3) is 0 Å². The second-order valence-electron chi connectivity index (χ2n) is 16.9. The maximum absolute atomic E-state index is 12.0. The van der Waals surface area contributed by atoms with Crippen LogP contribution in [-0.4, -0.2) is 27.5 Å². The van der Waals surface area contributed by atoms with Gasteiger partial charge in [-0.05, 0) is 150 Å². The summed E-state index contributed by atoms with van der Waals surface area (Å²) < 4.78 is 5.98. The fourth-order valence-corrected chi connectivity index (χ4v) is 8.22. The highest BCUT2D eigenvalue weighted by Gasteiger charge is 2.47. The number of aliphatic hydroxyl groups is 1. The molecule has 4 fully saturated rings. The van der Waals surface area contributed by atoms with Crippen molar-refractivity contribution in [2.45, 2.75) is 176 Å². The first kappa shape index (κ1) is 42.4. The van der Waals surface area contributed by atoms with E-state index in [9.17, 15) is 14.7 Å². The van der Waals surface area contributed by atoms with Crippen molar-refractivity contribution in [3.05, 3.63) is 24.3 Å². The smallest absolute Gasteiger partial charge is 0.333 e. The molecule has 46 heavy (non-hydrogen) atoms. The highest BCUT2D eigenvalue weighted by molar-refractivity contribution is 6.67. The fourth-order valence-electron chi connectivity index (χ4n) is 8.22. The predicted octanol–water partition coefficient (Wildman–Crippen LogP) is 11.3. The van der Waals surface area contributed by atoms with E-state index >= 15 is 0 Å². The topological polar surface area (TPSA) is 87.4 Å². The molecule has 4 aliphatic carbocycles. The molecule has 4 saturated carbocycles. The van der Waals surface area contributed by atoms with Gasteiger partial charge in [-0.1, -0.05) is 67.5 Å². The number of hydrogen-bond donors (Lipinski definition) is 1. The van der Waals surface area contributed by atoms with Crippen LogP contribution in [0.5, 0.6) is 0 Å². The van der Waals surface area contributed by atoms with Gasteiger partial charge in [-0.3, -0.25) is 4.79 Å². The molecule has 0 aliphatic heterocycles. The lowest BCUT2D eigenvalue weighted by Gasteiger charge is -2.44. The first-order valence-electron chi connectivity index (χ1n) is 18.0. The number of nitriles is 1. The van der Waals surface area contributed by atoms with E-state index in [1.807, 2.05) is 0 Å². The Balaban J connectivity index is 0.000000372. The molecular weight excluding hydrogens is 594 g/mol. The van der Waals surface area contributed by atoms with Crippen LogP contribution < -0.4 is 0 Å². The number of carbonyl (C=O) groups excluding carboxylic acids is 2. The van der Waals surface area contributed by atoms with Crippen LogP contribution in [0.15, 0.2) is 24.3 Å². The molecule has 0 spiro atoms. The Labute approximate surface area is 288 Å². The Morgan fingerprint density at radius 3 is 1.37 bits per heavy atom. The Morgan fingerprint density at radius 2 is 1.07 bits per heavy atom. The number of ether oxygens (including phenoxy) is 1. The summed E-state index contributed by atoms with van der Waals surface area (Å²) in [6.07, 6.45) is 19.3. The molecule has 264 valence electrons. The number of carbonyl (C=O) groups is 2. The maximum Gasteiger partial charge on any atom is 0.333 e. The molecule has 0 bridgehead atoms. The van der Waals surface area contributed by atoms with Gasteiger partial charge < -0.3 is 9.84 Å². The van der Waals surface area contributed by atoms with Gasteiger partial charge in [0.15, 0.2) is 0 Å². The Bertz CT molecular complexity index is 1000. The zero-order valence-corrected chi connectivity index (χ0v) is 31.8. The lowest BCUT2D eigenvalue weighted by molar-refractivity contribution is -0.163. The summed E-state index contributed by atoms with van der Waals surface area (Å²) in [7, 11) is 0. The first-order valence-corrected chi connectivity index (χ1v) is 18.4. The standard InChI is InChI=1S/C19H32O2.C15H28O.C4H5ClO.C2H3N/c1-14(2)17(20)21-19(12-6-7-13-19)16-10-8-15(9-11-16)18(3,4)5;1-14(2,3)12-6-8-13(9-7-12)15(16)10-4-5-11-15;1-3(2)4(5)6;1-2-3/h15-16H,1,6-13H2,2-5H3;12-13,16H,4-11H2,1-3H3;1H2,2H3;1H3. The molecule has 0 unspecified atom stereocenters. The quantitative estimate of drug-likeness (QED) is 0.180. The minimum Gasteiger partial charge on any atom is -0.455 e. The summed E-state index contributed by atoms with van der Waals surface area (Å²) in [6, 6.07) is 1.75. The number of nitrogens with zero attached hydrogens (tertiary/aromatic N) is 1. The van der Waals surface area contributed by atoms with E-state index in [-0.39, 0.29) is 17.2 Å². The third-order valence-corrected chi connectivity index (χ3v) is 11.6. The minimum absolute atomic E-state index is 0.182. The van der Waals surface area contributed by atoms with Gasteiger partial charge in [0.25, 0.3) is 0 Å². The van der Waals surface area contributed by atoms with Crippen molar-refractivity contribution < 1.29 is 19.4 Å². The van der Waals surface area contributed by atoms with Crippen molar-refractivity contribution in [3.8, 4) is 6.07 Å². The highest BCUT2D eigenvalue weighted by Crippen LogP contribution is 2.50. The van der Waals surface area contributed by atoms with Gasteiger partial charge in [0, 0.05) is 18.1 Å². The van der Waals surface area contributed by atoms with Gasteiger partial charge in [-0.25, -0.2) is 4.79 Å². The summed E-state index contributed by atoms with van der Waals surface area (Å²) in [5.74, 6) is 2.66. The fraction of sp³-hybridized carbons (Fsp3) is 0.825. The first-order chi connectivity index (χ1) is 21.2. The molecular formula is C40H68ClNO4. The van der Waals surface area contributed by atoms with Crippen molar-refractivity contribution in [2.24, 2.45) is 34.5 Å². The molecule has 5 nitrogen and oxygen atoms in total. The van der Waals surface area contributed by atoms with Crippen LogP contribution in [0.3, 0.4) is 0 Å². The third kappa shape index (κ3) is 13.5. The van der Waals surface area contributed by atoms with E-state index in [1.54, 1.807) is 19.9 Å². The van der Waals surface area contributed by atoms with Crippen LogP contribution in [0, 0.1) is 45.8 Å². The van der Waals surface area contributed by atoms with Crippen LogP contribution in [0.4, 0.5) is 0 Å². The van der Waals surface area contributed by atoms with Gasteiger partial charge in [0.05, 0.1) is 11.7 Å². The number of halogens is 1. The number of esters is 1. The van der Waals surface area contributed by atoms with Crippen LogP contribution in [0.2, 0.25) is 0 Å². The molecule has 0 aromatic rings. The Hall–Kier alpha value is -1.64. The predicted molar refractivity (Wildman–Crippen MR) is 192 cm³/mol. The second kappa shape index (κ2) is 18.8. The third-order valence-electron chi connectivity index (χ3n) is 11.3. The molecule has 0 heterocycles. The van der Waals surface area contributed by atoms with Gasteiger partial charge in [0.2, 0.25) is 5.24 Å². The zero-order chi connectivity index (χ0) is 35.3. The van der Waals surface area contributed by atoms with Crippen molar-refractivity contribution in [1.29, 1.82) is 5.26 Å². The van der Waals surface area contributed by atoms with Crippen molar-refractivity contribution in [3.63, 3.8) is 0 Å². The molecule has 0 atom stereocenters. The summed E-state index contributed by atoms with van der Waals surface area (Å²) >= 11 is 4.87. The van der Waals surface area contributed by atoms with E-state index in [1.165, 1.54) is 84.0 Å². The van der Waals surface area contributed by atoms with E-state index in [4.69, 9.17) is 21.6 Å². The molecule has 0 saturated heterocycles. The summed E-state index contributed by atoms with van der Waals surface area (Å²) in [5.41, 5.74) is 1.33. The minimum atomic E-state index is -0.463. The molecule has 4 rings (SSSR count). The summed E-state index contributed by atoms with van der Waals surface area (Å²) in [5, 5.41) is 17.5. The number of rotatable bonds is 5. The molecule has 0 aromatic heterocycles. The maximum atomic E-state index is 12.0. The highest BCUT2D eigenvalue weighted by atomic mass is 35.5. The van der Waals surface area contributed by atoms with Crippen molar-refractivity contribution in [1.82, 2.24) is 0 Å².